The fourth-order valence-electron chi connectivity index (χ4n) is 1.60. The van der Waals surface area contributed by atoms with Gasteiger partial charge in [0.15, 0.2) is 5.13 Å². The van der Waals surface area contributed by atoms with Gasteiger partial charge >= 0.3 is 0 Å². The first-order valence-electron chi connectivity index (χ1n) is 5.88. The van der Waals surface area contributed by atoms with Crippen LogP contribution in [0.25, 0.3) is 0 Å². The molecule has 0 saturated heterocycles. The van der Waals surface area contributed by atoms with E-state index in [9.17, 15) is 13.6 Å². The Morgan fingerprint density at radius 2 is 2.19 bits per heavy atom. The lowest BCUT2D eigenvalue weighted by atomic mass is 10.2. The molecule has 0 spiro atoms. The van der Waals surface area contributed by atoms with Crippen LogP contribution in [0.4, 0.5) is 13.9 Å². The molecule has 1 aromatic heterocycles. The van der Waals surface area contributed by atoms with Crippen molar-refractivity contribution >= 4 is 45.9 Å². The molecule has 0 bridgehead atoms. The number of carbonyl (C=O) groups excluding carboxylic acids is 1. The lowest BCUT2D eigenvalue weighted by Gasteiger charge is -2.07. The Labute approximate surface area is 133 Å². The lowest BCUT2D eigenvalue weighted by Crippen LogP contribution is -2.13. The van der Waals surface area contributed by atoms with Crippen molar-refractivity contribution in [3.63, 3.8) is 0 Å². The Morgan fingerprint density at radius 3 is 2.90 bits per heavy atom. The number of carbonyl (C=O) groups is 1. The van der Waals surface area contributed by atoms with Crippen LogP contribution in [0.1, 0.15) is 16.1 Å². The molecular formula is C13H12F2N2OS3. The van der Waals surface area contributed by atoms with Crippen LogP contribution in [-0.2, 0) is 5.75 Å². The molecule has 1 heterocycles. The minimum absolute atomic E-state index is 0.226. The molecule has 0 atom stereocenters. The van der Waals surface area contributed by atoms with E-state index in [0.717, 1.165) is 11.4 Å². The van der Waals surface area contributed by atoms with Gasteiger partial charge in [0.2, 0.25) is 0 Å². The largest absolute Gasteiger partial charge is 0.298 e. The summed E-state index contributed by atoms with van der Waals surface area (Å²) in [5.41, 5.74) is 1.11. The van der Waals surface area contributed by atoms with Gasteiger partial charge in [-0.25, -0.2) is 4.98 Å². The zero-order valence-electron chi connectivity index (χ0n) is 11.0. The average Bonchev–Trinajstić information content (AvgIpc) is 2.86. The molecule has 1 N–H and O–H groups in total. The smallest absolute Gasteiger partial charge is 0.288 e. The number of nitrogens with zero attached hydrogens (tertiary/aromatic N) is 1. The van der Waals surface area contributed by atoms with Crippen molar-refractivity contribution in [2.45, 2.75) is 16.4 Å². The number of benzene rings is 1. The number of thiazole rings is 1. The first kappa shape index (κ1) is 16.3. The second-order valence-corrected chi connectivity index (χ2v) is 6.66. The van der Waals surface area contributed by atoms with Gasteiger partial charge in [-0.2, -0.15) is 20.5 Å². The fourth-order valence-corrected chi connectivity index (χ4v) is 3.49. The molecule has 0 fully saturated rings. The Bertz CT molecular complexity index is 619. The van der Waals surface area contributed by atoms with Crippen molar-refractivity contribution < 1.29 is 13.6 Å². The van der Waals surface area contributed by atoms with Gasteiger partial charge in [-0.15, -0.1) is 11.3 Å². The van der Waals surface area contributed by atoms with Crippen molar-refractivity contribution in [3.05, 3.63) is 40.9 Å². The number of nitrogens with one attached hydrogen (secondary N) is 1. The predicted octanol–water partition coefficient (Wildman–Crippen LogP) is 4.57. The third kappa shape index (κ3) is 4.69. The van der Waals surface area contributed by atoms with E-state index in [-0.39, 0.29) is 10.5 Å². The van der Waals surface area contributed by atoms with Gasteiger partial charge in [-0.3, -0.25) is 10.1 Å². The van der Waals surface area contributed by atoms with E-state index in [1.165, 1.54) is 23.5 Å². The summed E-state index contributed by atoms with van der Waals surface area (Å²) in [7, 11) is 0. The number of anilines is 1. The van der Waals surface area contributed by atoms with E-state index in [0.29, 0.717) is 16.9 Å². The quantitative estimate of drug-likeness (QED) is 0.778. The molecule has 0 radical (unpaired) electrons. The average molecular weight is 346 g/mol. The maximum absolute atomic E-state index is 12.5. The molecule has 2 rings (SSSR count). The van der Waals surface area contributed by atoms with E-state index in [2.05, 4.69) is 10.3 Å². The molecule has 0 aliphatic carbocycles. The summed E-state index contributed by atoms with van der Waals surface area (Å²) in [6, 6.07) is 6.30. The highest BCUT2D eigenvalue weighted by Gasteiger charge is 2.16. The van der Waals surface area contributed by atoms with Gasteiger partial charge in [0, 0.05) is 16.0 Å². The Hall–Kier alpha value is -1.12. The normalized spacial score (nSPS) is 10.9. The van der Waals surface area contributed by atoms with E-state index >= 15 is 0 Å². The van der Waals surface area contributed by atoms with Crippen LogP contribution in [0.5, 0.6) is 0 Å². The number of hydrogen-bond acceptors (Lipinski definition) is 5. The molecule has 0 aliphatic heterocycles. The van der Waals surface area contributed by atoms with Crippen LogP contribution in [0.2, 0.25) is 0 Å². The number of halogens is 2. The number of alkyl halides is 2. The lowest BCUT2D eigenvalue weighted by molar-refractivity contribution is 0.102. The summed E-state index contributed by atoms with van der Waals surface area (Å²) < 4.78 is 25.0. The van der Waals surface area contributed by atoms with Crippen molar-refractivity contribution in [3.8, 4) is 0 Å². The van der Waals surface area contributed by atoms with Gasteiger partial charge < -0.3 is 0 Å². The van der Waals surface area contributed by atoms with E-state index in [4.69, 9.17) is 0 Å². The van der Waals surface area contributed by atoms with Gasteiger partial charge in [0.1, 0.15) is 0 Å². The minimum atomic E-state index is -2.56. The van der Waals surface area contributed by atoms with Crippen LogP contribution < -0.4 is 5.32 Å². The highest BCUT2D eigenvalue weighted by Crippen LogP contribution is 2.29. The number of rotatable bonds is 6. The Balaban J connectivity index is 2.12. The molecule has 0 saturated carbocycles. The molecule has 8 heteroatoms. The summed E-state index contributed by atoms with van der Waals surface area (Å²) in [6.07, 6.45) is 1.97. The monoisotopic (exact) mass is 346 g/mol. The molecular weight excluding hydrogens is 334 g/mol. The summed E-state index contributed by atoms with van der Waals surface area (Å²) in [4.78, 5) is 16.7. The van der Waals surface area contributed by atoms with Crippen LogP contribution in [-0.4, -0.2) is 22.9 Å². The van der Waals surface area contributed by atoms with E-state index in [1.807, 2.05) is 11.6 Å². The van der Waals surface area contributed by atoms with E-state index < -0.39 is 11.7 Å². The molecule has 3 nitrogen and oxygen atoms in total. The topological polar surface area (TPSA) is 42.0 Å². The van der Waals surface area contributed by atoms with Gasteiger partial charge in [-0.1, -0.05) is 23.9 Å². The number of thioether (sulfide) groups is 2. The van der Waals surface area contributed by atoms with Crippen LogP contribution in [0, 0.1) is 0 Å². The summed E-state index contributed by atoms with van der Waals surface area (Å²) >= 11 is 3.32. The second kappa shape index (κ2) is 7.77. The summed E-state index contributed by atoms with van der Waals surface area (Å²) in [5, 5.41) is 4.99. The third-order valence-corrected chi connectivity index (χ3v) is 4.59. The second-order valence-electron chi connectivity index (χ2n) is 3.91. The fraction of sp³-hybridized carbons (Fsp3) is 0.231. The molecule has 112 valence electrons. The zero-order valence-corrected chi connectivity index (χ0v) is 13.5. The zero-order chi connectivity index (χ0) is 15.2. The molecule has 0 aliphatic rings. The molecule has 0 unspecified atom stereocenters. The van der Waals surface area contributed by atoms with Crippen molar-refractivity contribution in [2.75, 3.05) is 11.6 Å². The van der Waals surface area contributed by atoms with E-state index in [1.54, 1.807) is 23.9 Å². The molecule has 1 amide bonds. The molecule has 1 aromatic carbocycles. The van der Waals surface area contributed by atoms with Crippen LogP contribution >= 0.6 is 34.9 Å². The maximum atomic E-state index is 12.5. The SMILES string of the molecule is CSCc1csc(NC(=O)c2ccccc2SC(F)F)n1. The Morgan fingerprint density at radius 1 is 1.43 bits per heavy atom. The standard InChI is InChI=1S/C13H12F2N2OS3/c1-19-6-8-7-20-13(16-8)17-11(18)9-4-2-3-5-10(9)21-12(14)15/h2-5,7,12H,6H2,1H3,(H,16,17,18). The third-order valence-electron chi connectivity index (χ3n) is 2.41. The number of aromatic nitrogens is 1. The number of amides is 1. The van der Waals surface area contributed by atoms with Crippen LogP contribution in [0.3, 0.4) is 0 Å². The molecule has 21 heavy (non-hydrogen) atoms. The molecule has 2 aromatic rings. The van der Waals surface area contributed by atoms with Crippen LogP contribution in [0.15, 0.2) is 34.5 Å². The first-order valence-corrected chi connectivity index (χ1v) is 9.04. The first-order chi connectivity index (χ1) is 10.1. The highest BCUT2D eigenvalue weighted by atomic mass is 32.2. The summed E-state index contributed by atoms with van der Waals surface area (Å²) in [5.74, 6) is -2.22. The van der Waals surface area contributed by atoms with Crippen molar-refractivity contribution in [1.82, 2.24) is 4.98 Å². The Kier molecular flexibility index (Phi) is 6.01. The predicted molar refractivity (Wildman–Crippen MR) is 85.6 cm³/mol. The van der Waals surface area contributed by atoms with Gasteiger partial charge in [-0.05, 0) is 18.4 Å². The summed E-state index contributed by atoms with van der Waals surface area (Å²) in [6.45, 7) is 0. The van der Waals surface area contributed by atoms with Crippen molar-refractivity contribution in [2.24, 2.45) is 0 Å². The highest BCUT2D eigenvalue weighted by molar-refractivity contribution is 7.99. The maximum Gasteiger partial charge on any atom is 0.288 e. The number of hydrogen-bond donors (Lipinski definition) is 1. The minimum Gasteiger partial charge on any atom is -0.298 e. The van der Waals surface area contributed by atoms with Crippen molar-refractivity contribution in [1.29, 1.82) is 0 Å². The van der Waals surface area contributed by atoms with Gasteiger partial charge in [0.05, 0.1) is 11.3 Å². The van der Waals surface area contributed by atoms with Gasteiger partial charge in [0.25, 0.3) is 11.7 Å².